The van der Waals surface area contributed by atoms with E-state index in [9.17, 15) is 28.7 Å². The molecule has 1 saturated heterocycles. The van der Waals surface area contributed by atoms with Crippen LogP contribution in [0.15, 0.2) is 29.7 Å². The van der Waals surface area contributed by atoms with Crippen molar-refractivity contribution in [2.24, 2.45) is 17.8 Å². The number of rotatable bonds is 16. The van der Waals surface area contributed by atoms with E-state index in [0.717, 1.165) is 0 Å². The predicted octanol–water partition coefficient (Wildman–Crippen LogP) is 2.13. The number of H-pyrrole nitrogens is 1. The van der Waals surface area contributed by atoms with Crippen molar-refractivity contribution in [1.82, 2.24) is 29.5 Å². The molecule has 50 heavy (non-hydrogen) atoms. The Balaban J connectivity index is 1.35. The summed E-state index contributed by atoms with van der Waals surface area (Å²) in [5.74, 6) is -1.49. The third kappa shape index (κ3) is 8.99. The number of anilines is 2. The summed E-state index contributed by atoms with van der Waals surface area (Å²) in [4.78, 5) is 53.7. The van der Waals surface area contributed by atoms with Gasteiger partial charge in [0.15, 0.2) is 17.4 Å². The van der Waals surface area contributed by atoms with E-state index in [1.807, 2.05) is 6.07 Å². The summed E-state index contributed by atoms with van der Waals surface area (Å²) in [6.45, 7) is 4.03. The summed E-state index contributed by atoms with van der Waals surface area (Å²) in [5.41, 5.74) is -0.750. The second kappa shape index (κ2) is 16.6. The van der Waals surface area contributed by atoms with Crippen LogP contribution in [0.5, 0.6) is 0 Å². The SMILES string of the molecule is CC(C)C(=O)Nc1nc2c(ncn2[C@@H]2O[C@H](COP(=O)(OCCC#N)O[C@H]3C[C@H](Nc4ccncn4)C[C@@H]3CO)[C@@H](C)[C@H]2O[PH](=O)O)c(=O)[nH]1. The van der Waals surface area contributed by atoms with Crippen molar-refractivity contribution in [3.8, 4) is 6.07 Å². The number of aliphatic hydroxyl groups excluding tert-OH is 1. The maximum absolute atomic E-state index is 14.0. The molecule has 0 bridgehead atoms. The van der Waals surface area contributed by atoms with Crippen LogP contribution in [0.3, 0.4) is 0 Å². The summed E-state index contributed by atoms with van der Waals surface area (Å²) in [5, 5.41) is 24.9. The van der Waals surface area contributed by atoms with Crippen LogP contribution in [0.1, 0.15) is 46.3 Å². The Morgan fingerprint density at radius 2 is 2.12 bits per heavy atom. The minimum atomic E-state index is -4.40. The number of aromatic nitrogens is 6. The molecule has 4 heterocycles. The molecule has 22 heteroatoms. The van der Waals surface area contributed by atoms with Gasteiger partial charge >= 0.3 is 16.1 Å². The lowest BCUT2D eigenvalue weighted by Crippen LogP contribution is -2.28. The van der Waals surface area contributed by atoms with Gasteiger partial charge in [0.2, 0.25) is 11.9 Å². The number of amides is 1. The van der Waals surface area contributed by atoms with E-state index in [1.54, 1.807) is 33.0 Å². The molecule has 1 aliphatic carbocycles. The molecule has 3 aromatic rings. The quantitative estimate of drug-likeness (QED) is 0.104. The van der Waals surface area contributed by atoms with E-state index in [0.29, 0.717) is 18.7 Å². The number of phosphoric acid groups is 1. The Morgan fingerprint density at radius 1 is 1.32 bits per heavy atom. The molecule has 0 radical (unpaired) electrons. The number of carbonyl (C=O) groups is 1. The summed E-state index contributed by atoms with van der Waals surface area (Å²) < 4.78 is 56.1. The molecule has 2 fully saturated rings. The van der Waals surface area contributed by atoms with Gasteiger partial charge in [-0.15, -0.1) is 0 Å². The van der Waals surface area contributed by atoms with Crippen molar-refractivity contribution in [2.45, 2.75) is 70.6 Å². The van der Waals surface area contributed by atoms with Crippen molar-refractivity contribution >= 4 is 44.9 Å². The minimum absolute atomic E-state index is 0.00645. The van der Waals surface area contributed by atoms with Gasteiger partial charge in [0.05, 0.1) is 44.2 Å². The smallest absolute Gasteiger partial charge is 0.396 e. The van der Waals surface area contributed by atoms with Gasteiger partial charge in [-0.2, -0.15) is 10.2 Å². The van der Waals surface area contributed by atoms with Crippen LogP contribution in [0, 0.1) is 29.1 Å². The molecule has 2 aliphatic rings. The largest absolute Gasteiger partial charge is 0.475 e. The van der Waals surface area contributed by atoms with Crippen molar-refractivity contribution in [2.75, 3.05) is 30.5 Å². The average Bonchev–Trinajstić information content (AvgIpc) is 3.75. The van der Waals surface area contributed by atoms with E-state index in [1.165, 1.54) is 17.2 Å². The highest BCUT2D eigenvalue weighted by atomic mass is 31.2. The molecular weight excluding hydrogens is 700 g/mol. The van der Waals surface area contributed by atoms with Gasteiger partial charge in [-0.05, 0) is 18.9 Å². The summed E-state index contributed by atoms with van der Waals surface area (Å²) in [6, 6.07) is 3.40. The van der Waals surface area contributed by atoms with Crippen LogP contribution in [-0.4, -0.2) is 89.6 Å². The Hall–Kier alpha value is -3.63. The molecule has 0 spiro atoms. The molecule has 3 aromatic heterocycles. The fraction of sp³-hybridized carbons (Fsp3) is 0.607. The number of nitrogens with zero attached hydrogens (tertiary/aromatic N) is 6. The third-order valence-corrected chi connectivity index (χ3v) is 10.3. The average molecular weight is 740 g/mol. The highest BCUT2D eigenvalue weighted by molar-refractivity contribution is 7.48. The molecule has 0 aromatic carbocycles. The Morgan fingerprint density at radius 3 is 2.80 bits per heavy atom. The first-order valence-electron chi connectivity index (χ1n) is 15.8. The second-order valence-electron chi connectivity index (χ2n) is 12.1. The lowest BCUT2D eigenvalue weighted by Gasteiger charge is -2.26. The standard InChI is InChI=1S/C28H39N9O11P2/c1-15(2)25(39)35-28-34-24-22(26(40)36-28)32-14-37(24)27-23(47-49(41)42)16(3)20(46-27)12-45-50(43,44-8-4-6-29)48-19-10-18(9-17(19)11-38)33-21-5-7-30-13-31-21/h5,7,13-20,23,27,38,49H,4,8-12H2,1-3H3,(H,41,42)(H,30,31,33)(H2,34,35,36,39,40)/t16-,17-,18-,19+,20-,23-,27-,50?/m1/s1. The molecular formula is C28H39N9O11P2. The van der Waals surface area contributed by atoms with Crippen LogP contribution < -0.4 is 16.2 Å². The van der Waals surface area contributed by atoms with Crippen LogP contribution >= 0.6 is 16.1 Å². The van der Waals surface area contributed by atoms with Crippen LogP contribution in [0.4, 0.5) is 11.8 Å². The van der Waals surface area contributed by atoms with E-state index >= 15 is 0 Å². The highest BCUT2D eigenvalue weighted by Gasteiger charge is 2.47. The van der Waals surface area contributed by atoms with Gasteiger partial charge in [-0.25, -0.2) is 19.5 Å². The van der Waals surface area contributed by atoms with Gasteiger partial charge in [-0.1, -0.05) is 20.8 Å². The first-order chi connectivity index (χ1) is 23.9. The Bertz CT molecular complexity index is 1800. The Labute approximate surface area is 286 Å². The number of nitrogens with one attached hydrogen (secondary N) is 3. The molecule has 5 rings (SSSR count). The topological polar surface area (TPSA) is 275 Å². The summed E-state index contributed by atoms with van der Waals surface area (Å²) in [7, 11) is -7.92. The zero-order valence-corrected chi connectivity index (χ0v) is 29.3. The van der Waals surface area contributed by atoms with Crippen LogP contribution in [0.25, 0.3) is 11.2 Å². The van der Waals surface area contributed by atoms with Crippen molar-refractivity contribution < 1.29 is 46.8 Å². The molecule has 1 amide bonds. The van der Waals surface area contributed by atoms with Crippen molar-refractivity contribution in [3.05, 3.63) is 35.3 Å². The van der Waals surface area contributed by atoms with E-state index in [2.05, 4.69) is 35.6 Å². The Kier molecular flexibility index (Phi) is 12.5. The van der Waals surface area contributed by atoms with E-state index in [-0.39, 0.29) is 42.8 Å². The number of fused-ring (bicyclic) bond motifs is 1. The monoisotopic (exact) mass is 739 g/mol. The van der Waals surface area contributed by atoms with Crippen LogP contribution in [-0.2, 0) is 36.8 Å². The number of aliphatic hydroxyl groups is 1. The lowest BCUT2D eigenvalue weighted by atomic mass is 10.0. The molecule has 1 saturated carbocycles. The summed E-state index contributed by atoms with van der Waals surface area (Å²) in [6.07, 6.45) is 0.916. The van der Waals surface area contributed by atoms with Gasteiger partial charge in [0, 0.05) is 36.6 Å². The molecule has 5 N–H and O–H groups in total. The van der Waals surface area contributed by atoms with Gasteiger partial charge in [0.25, 0.3) is 5.56 Å². The number of nitriles is 1. The first-order valence-corrected chi connectivity index (χ1v) is 18.5. The first kappa shape index (κ1) is 37.6. The summed E-state index contributed by atoms with van der Waals surface area (Å²) >= 11 is 0. The maximum atomic E-state index is 14.0. The zero-order chi connectivity index (χ0) is 36.0. The molecule has 9 atom stereocenters. The minimum Gasteiger partial charge on any atom is -0.396 e. The molecule has 272 valence electrons. The van der Waals surface area contributed by atoms with Gasteiger partial charge in [-0.3, -0.25) is 42.6 Å². The number of hydrogen-bond donors (Lipinski definition) is 5. The second-order valence-corrected chi connectivity index (χ2v) is 14.5. The predicted molar refractivity (Wildman–Crippen MR) is 175 cm³/mol. The number of carbonyl (C=O) groups excluding carboxylic acids is 1. The maximum Gasteiger partial charge on any atom is 0.475 e. The number of phosphoric ester groups is 1. The number of aromatic amines is 1. The third-order valence-electron chi connectivity index (χ3n) is 8.33. The molecule has 1 aliphatic heterocycles. The highest BCUT2D eigenvalue weighted by Crippen LogP contribution is 2.54. The van der Waals surface area contributed by atoms with Gasteiger partial charge in [0.1, 0.15) is 18.2 Å². The van der Waals surface area contributed by atoms with Crippen molar-refractivity contribution in [3.63, 3.8) is 0 Å². The van der Waals surface area contributed by atoms with E-state index in [4.69, 9.17) is 28.1 Å². The number of ether oxygens (including phenoxy) is 1. The zero-order valence-electron chi connectivity index (χ0n) is 27.4. The van der Waals surface area contributed by atoms with Crippen molar-refractivity contribution in [1.29, 1.82) is 5.26 Å². The molecule has 2 unspecified atom stereocenters. The number of imidazole rings is 1. The lowest BCUT2D eigenvalue weighted by molar-refractivity contribution is -0.118. The number of hydrogen-bond acceptors (Lipinski definition) is 16. The van der Waals surface area contributed by atoms with Crippen LogP contribution in [0.2, 0.25) is 0 Å². The molecule has 20 nitrogen and oxygen atoms in total. The normalized spacial score (nSPS) is 26.9. The fourth-order valence-electron chi connectivity index (χ4n) is 5.72. The fourth-order valence-corrected chi connectivity index (χ4v) is 7.72. The van der Waals surface area contributed by atoms with E-state index < -0.39 is 76.4 Å². The van der Waals surface area contributed by atoms with Gasteiger partial charge < -0.3 is 24.6 Å².